The first-order valence-corrected chi connectivity index (χ1v) is 7.25. The summed E-state index contributed by atoms with van der Waals surface area (Å²) in [6.07, 6.45) is 3.34. The fourth-order valence-corrected chi connectivity index (χ4v) is 2.71. The molecule has 2 heterocycles. The highest BCUT2D eigenvalue weighted by Crippen LogP contribution is 2.34. The highest BCUT2D eigenvalue weighted by molar-refractivity contribution is 5.71. The molecule has 1 aromatic rings. The zero-order valence-electron chi connectivity index (χ0n) is 12.4. The van der Waals surface area contributed by atoms with Crippen LogP contribution in [-0.4, -0.2) is 27.7 Å². The van der Waals surface area contributed by atoms with E-state index in [9.17, 15) is 4.79 Å². The third-order valence-electron chi connectivity index (χ3n) is 3.87. The molecule has 5 heteroatoms. The fraction of sp³-hybridized carbons (Fsp3) is 0.667. The molecule has 0 aliphatic carbocycles. The summed E-state index contributed by atoms with van der Waals surface area (Å²) < 4.78 is 5.81. The van der Waals surface area contributed by atoms with Gasteiger partial charge in [-0.1, -0.05) is 13.8 Å². The molecule has 0 bridgehead atoms. The van der Waals surface area contributed by atoms with Crippen LogP contribution in [0.25, 0.3) is 0 Å². The molecule has 0 aromatic carbocycles. The van der Waals surface area contributed by atoms with Crippen LogP contribution in [0.4, 0.5) is 0 Å². The van der Waals surface area contributed by atoms with E-state index >= 15 is 0 Å². The van der Waals surface area contributed by atoms with Crippen molar-refractivity contribution in [1.29, 1.82) is 0 Å². The number of nitrogens with zero attached hydrogens (tertiary/aromatic N) is 2. The fourth-order valence-electron chi connectivity index (χ4n) is 2.71. The van der Waals surface area contributed by atoms with Crippen LogP contribution in [-0.2, 0) is 34.4 Å². The van der Waals surface area contributed by atoms with E-state index in [2.05, 4.69) is 9.97 Å². The van der Waals surface area contributed by atoms with Crippen LogP contribution in [0.1, 0.15) is 56.4 Å². The lowest BCUT2D eigenvalue weighted by Crippen LogP contribution is -2.26. The van der Waals surface area contributed by atoms with Crippen LogP contribution < -0.4 is 0 Å². The van der Waals surface area contributed by atoms with E-state index in [1.807, 2.05) is 20.8 Å². The summed E-state index contributed by atoms with van der Waals surface area (Å²) in [6.45, 7) is 6.74. The number of carboxylic acids is 1. The number of aromatic nitrogens is 2. The molecule has 2 rings (SSSR count). The number of carbonyl (C=O) groups is 1. The highest BCUT2D eigenvalue weighted by Gasteiger charge is 2.35. The molecule has 1 atom stereocenters. The Morgan fingerprint density at radius 3 is 2.30 bits per heavy atom. The summed E-state index contributed by atoms with van der Waals surface area (Å²) in [5.74, 6) is -0.132. The summed E-state index contributed by atoms with van der Waals surface area (Å²) in [7, 11) is 0. The topological polar surface area (TPSA) is 72.3 Å². The zero-order valence-corrected chi connectivity index (χ0v) is 12.4. The van der Waals surface area contributed by atoms with Gasteiger partial charge < -0.3 is 9.84 Å². The maximum Gasteiger partial charge on any atom is 0.307 e. The predicted molar refractivity (Wildman–Crippen MR) is 74.7 cm³/mol. The van der Waals surface area contributed by atoms with Crippen molar-refractivity contribution in [3.05, 3.63) is 22.8 Å². The van der Waals surface area contributed by atoms with Crippen molar-refractivity contribution in [2.75, 3.05) is 6.61 Å². The Morgan fingerprint density at radius 2 is 1.90 bits per heavy atom. The van der Waals surface area contributed by atoms with Crippen LogP contribution >= 0.6 is 0 Å². The van der Waals surface area contributed by atoms with Crippen molar-refractivity contribution >= 4 is 5.97 Å². The van der Waals surface area contributed by atoms with Crippen LogP contribution in [0.15, 0.2) is 0 Å². The molecular weight excluding hydrogens is 256 g/mol. The largest absolute Gasteiger partial charge is 0.481 e. The molecular formula is C15H22N2O3. The minimum absolute atomic E-state index is 0.00972. The Hall–Kier alpha value is -1.49. The van der Waals surface area contributed by atoms with Gasteiger partial charge in [0.1, 0.15) is 5.60 Å². The molecule has 110 valence electrons. The Balaban J connectivity index is 2.49. The van der Waals surface area contributed by atoms with Gasteiger partial charge in [-0.25, -0.2) is 9.97 Å². The third kappa shape index (κ3) is 2.82. The zero-order chi connectivity index (χ0) is 14.8. The van der Waals surface area contributed by atoms with Gasteiger partial charge in [-0.15, -0.1) is 0 Å². The molecule has 0 amide bonds. The summed E-state index contributed by atoms with van der Waals surface area (Å²) in [5, 5.41) is 9.06. The van der Waals surface area contributed by atoms with Gasteiger partial charge in [0.05, 0.1) is 6.42 Å². The highest BCUT2D eigenvalue weighted by atomic mass is 16.5. The molecule has 0 radical (unpaired) electrons. The van der Waals surface area contributed by atoms with Gasteiger partial charge in [-0.3, -0.25) is 4.79 Å². The van der Waals surface area contributed by atoms with Gasteiger partial charge >= 0.3 is 5.97 Å². The maximum atomic E-state index is 11.0. The summed E-state index contributed by atoms with van der Waals surface area (Å²) >= 11 is 0. The molecule has 20 heavy (non-hydrogen) atoms. The average molecular weight is 278 g/mol. The van der Waals surface area contributed by atoms with E-state index in [1.165, 1.54) is 0 Å². The average Bonchev–Trinajstić information content (AvgIpc) is 2.86. The second-order valence-electron chi connectivity index (χ2n) is 5.38. The minimum Gasteiger partial charge on any atom is -0.481 e. The van der Waals surface area contributed by atoms with Crippen LogP contribution in [0, 0.1) is 0 Å². The monoisotopic (exact) mass is 278 g/mol. The molecule has 1 aliphatic heterocycles. The number of aliphatic carboxylic acids is 1. The quantitative estimate of drug-likeness (QED) is 0.894. The first-order valence-electron chi connectivity index (χ1n) is 7.25. The molecule has 0 saturated carbocycles. The van der Waals surface area contributed by atoms with Crippen molar-refractivity contribution in [2.45, 2.75) is 58.5 Å². The second-order valence-corrected chi connectivity index (χ2v) is 5.38. The SMILES string of the molecule is CCc1nc(C2(C)CCCO2)nc(CC)c1CC(=O)O. The minimum atomic E-state index is -0.839. The lowest BCUT2D eigenvalue weighted by atomic mass is 9.99. The molecule has 1 saturated heterocycles. The molecule has 1 unspecified atom stereocenters. The van der Waals surface area contributed by atoms with Gasteiger partial charge in [0.25, 0.3) is 0 Å². The van der Waals surface area contributed by atoms with Crippen molar-refractivity contribution < 1.29 is 14.6 Å². The number of carboxylic acid groups (broad SMARTS) is 1. The number of hydrogen-bond donors (Lipinski definition) is 1. The summed E-state index contributed by atoms with van der Waals surface area (Å²) in [6, 6.07) is 0. The lowest BCUT2D eigenvalue weighted by Gasteiger charge is -2.23. The first kappa shape index (κ1) is 14.9. The van der Waals surface area contributed by atoms with Crippen LogP contribution in [0.2, 0.25) is 0 Å². The Morgan fingerprint density at radius 1 is 1.30 bits per heavy atom. The molecule has 0 spiro atoms. The van der Waals surface area contributed by atoms with E-state index in [-0.39, 0.29) is 6.42 Å². The molecule has 5 nitrogen and oxygen atoms in total. The third-order valence-corrected chi connectivity index (χ3v) is 3.87. The van der Waals surface area contributed by atoms with Crippen LogP contribution in [0.5, 0.6) is 0 Å². The Bertz CT molecular complexity index is 483. The van der Waals surface area contributed by atoms with E-state index in [1.54, 1.807) is 0 Å². The van der Waals surface area contributed by atoms with Gasteiger partial charge in [-0.2, -0.15) is 0 Å². The van der Waals surface area contributed by atoms with Crippen molar-refractivity contribution in [2.24, 2.45) is 0 Å². The number of rotatable bonds is 5. The van der Waals surface area contributed by atoms with Gasteiger partial charge in [0.2, 0.25) is 0 Å². The Labute approximate surface area is 119 Å². The molecule has 1 aromatic heterocycles. The maximum absolute atomic E-state index is 11.0. The number of aryl methyl sites for hydroxylation is 2. The smallest absolute Gasteiger partial charge is 0.307 e. The number of ether oxygens (including phenoxy) is 1. The predicted octanol–water partition coefficient (Wildman–Crippen LogP) is 2.25. The van der Waals surface area contributed by atoms with Gasteiger partial charge in [0.15, 0.2) is 5.82 Å². The molecule has 1 N–H and O–H groups in total. The van der Waals surface area contributed by atoms with E-state index in [0.717, 1.165) is 36.4 Å². The van der Waals surface area contributed by atoms with Crippen molar-refractivity contribution in [3.63, 3.8) is 0 Å². The first-order chi connectivity index (χ1) is 9.50. The molecule has 1 fully saturated rings. The van der Waals surface area contributed by atoms with E-state index in [4.69, 9.17) is 9.84 Å². The molecule has 1 aliphatic rings. The van der Waals surface area contributed by atoms with Gasteiger partial charge in [0, 0.05) is 23.6 Å². The van der Waals surface area contributed by atoms with E-state index in [0.29, 0.717) is 18.7 Å². The van der Waals surface area contributed by atoms with E-state index < -0.39 is 11.6 Å². The number of hydrogen-bond acceptors (Lipinski definition) is 4. The Kier molecular flexibility index (Phi) is 4.38. The van der Waals surface area contributed by atoms with Gasteiger partial charge in [-0.05, 0) is 32.6 Å². The van der Waals surface area contributed by atoms with Crippen molar-refractivity contribution in [3.8, 4) is 0 Å². The second kappa shape index (κ2) is 5.87. The lowest BCUT2D eigenvalue weighted by molar-refractivity contribution is -0.136. The summed E-state index contributed by atoms with van der Waals surface area (Å²) in [5.41, 5.74) is 2.03. The van der Waals surface area contributed by atoms with Crippen LogP contribution in [0.3, 0.4) is 0 Å². The standard InChI is InChI=1S/C15H22N2O3/c1-4-11-10(9-13(18)19)12(5-2)17-14(16-11)15(3)7-6-8-20-15/h4-9H2,1-3H3,(H,18,19). The normalized spacial score (nSPS) is 22.1. The summed E-state index contributed by atoms with van der Waals surface area (Å²) in [4.78, 5) is 20.2. The van der Waals surface area contributed by atoms with Crippen molar-refractivity contribution in [1.82, 2.24) is 9.97 Å².